The highest BCUT2D eigenvalue weighted by Crippen LogP contribution is 2.18. The molecule has 0 aliphatic rings. The number of hydrogen-bond acceptors (Lipinski definition) is 2. The molecule has 0 aromatic heterocycles. The summed E-state index contributed by atoms with van der Waals surface area (Å²) in [7, 11) is 0. The van der Waals surface area contributed by atoms with Crippen molar-refractivity contribution in [1.82, 2.24) is 5.32 Å². The number of hydrogen-bond donors (Lipinski definition) is 1. The summed E-state index contributed by atoms with van der Waals surface area (Å²) < 4.78 is 5.82. The van der Waals surface area contributed by atoms with Crippen LogP contribution in [0.2, 0.25) is 0 Å². The summed E-state index contributed by atoms with van der Waals surface area (Å²) in [6.45, 7) is 10.4. The van der Waals surface area contributed by atoms with Gasteiger partial charge in [-0.1, -0.05) is 39.0 Å². The Morgan fingerprint density at radius 1 is 1.18 bits per heavy atom. The third-order valence-corrected chi connectivity index (χ3v) is 2.80. The number of rotatable bonds is 7. The Morgan fingerprint density at radius 3 is 2.53 bits per heavy atom. The smallest absolute Gasteiger partial charge is 0.123 e. The lowest BCUT2D eigenvalue weighted by atomic mass is 10.1. The molecule has 0 unspecified atom stereocenters. The van der Waals surface area contributed by atoms with Crippen molar-refractivity contribution in [3.8, 4) is 5.75 Å². The van der Waals surface area contributed by atoms with E-state index in [9.17, 15) is 0 Å². The van der Waals surface area contributed by atoms with E-state index >= 15 is 0 Å². The molecule has 0 amide bonds. The van der Waals surface area contributed by atoms with Crippen LogP contribution in [0.1, 0.15) is 39.7 Å². The topological polar surface area (TPSA) is 21.3 Å². The molecule has 1 aromatic carbocycles. The molecule has 0 spiro atoms. The molecular formula is C15H25NO. The molecule has 1 aromatic rings. The van der Waals surface area contributed by atoms with Gasteiger partial charge in [-0.05, 0) is 25.3 Å². The van der Waals surface area contributed by atoms with Gasteiger partial charge in [-0.2, -0.15) is 0 Å². The number of benzene rings is 1. The van der Waals surface area contributed by atoms with Crippen LogP contribution < -0.4 is 10.1 Å². The molecule has 1 N–H and O–H groups in total. The van der Waals surface area contributed by atoms with Crippen molar-refractivity contribution in [3.05, 3.63) is 29.8 Å². The first-order chi connectivity index (χ1) is 8.13. The molecule has 2 nitrogen and oxygen atoms in total. The normalized spacial score (nSPS) is 12.8. The van der Waals surface area contributed by atoms with Gasteiger partial charge in [0.25, 0.3) is 0 Å². The highest BCUT2D eigenvalue weighted by Gasteiger charge is 2.05. The van der Waals surface area contributed by atoms with E-state index in [-0.39, 0.29) is 0 Å². The van der Waals surface area contributed by atoms with E-state index in [0.717, 1.165) is 25.3 Å². The quantitative estimate of drug-likeness (QED) is 0.779. The van der Waals surface area contributed by atoms with Crippen LogP contribution in [0.15, 0.2) is 24.3 Å². The van der Waals surface area contributed by atoms with Gasteiger partial charge in [0.2, 0.25) is 0 Å². The van der Waals surface area contributed by atoms with E-state index in [0.29, 0.717) is 12.0 Å². The van der Waals surface area contributed by atoms with Crippen molar-refractivity contribution in [2.75, 3.05) is 6.61 Å². The van der Waals surface area contributed by atoms with E-state index in [2.05, 4.69) is 51.2 Å². The van der Waals surface area contributed by atoms with Crippen LogP contribution in [-0.2, 0) is 6.54 Å². The molecule has 17 heavy (non-hydrogen) atoms. The van der Waals surface area contributed by atoms with Gasteiger partial charge < -0.3 is 10.1 Å². The van der Waals surface area contributed by atoms with Crippen molar-refractivity contribution in [2.45, 2.75) is 46.7 Å². The van der Waals surface area contributed by atoms with Crippen LogP contribution in [0.25, 0.3) is 0 Å². The number of ether oxygens (including phenoxy) is 1. The van der Waals surface area contributed by atoms with E-state index in [4.69, 9.17) is 4.74 Å². The zero-order chi connectivity index (χ0) is 12.7. The summed E-state index contributed by atoms with van der Waals surface area (Å²) in [5.41, 5.74) is 1.24. The molecule has 1 rings (SSSR count). The molecule has 0 aliphatic heterocycles. The van der Waals surface area contributed by atoms with Crippen molar-refractivity contribution in [3.63, 3.8) is 0 Å². The fourth-order valence-electron chi connectivity index (χ4n) is 1.48. The molecule has 96 valence electrons. The fourth-order valence-corrected chi connectivity index (χ4v) is 1.48. The SMILES string of the molecule is CC[C@H](C)NCc1ccccc1OCC(C)C. The van der Waals surface area contributed by atoms with Gasteiger partial charge in [0.15, 0.2) is 0 Å². The van der Waals surface area contributed by atoms with Gasteiger partial charge in [0, 0.05) is 18.2 Å². The predicted molar refractivity (Wildman–Crippen MR) is 73.4 cm³/mol. The Morgan fingerprint density at radius 2 is 1.88 bits per heavy atom. The van der Waals surface area contributed by atoms with Gasteiger partial charge in [0.1, 0.15) is 5.75 Å². The highest BCUT2D eigenvalue weighted by molar-refractivity contribution is 5.33. The minimum absolute atomic E-state index is 0.549. The van der Waals surface area contributed by atoms with Crippen LogP contribution in [-0.4, -0.2) is 12.6 Å². The first-order valence-corrected chi connectivity index (χ1v) is 6.57. The molecule has 2 heteroatoms. The molecular weight excluding hydrogens is 210 g/mol. The summed E-state index contributed by atoms with van der Waals surface area (Å²) in [6, 6.07) is 8.83. The molecule has 0 saturated heterocycles. The van der Waals surface area contributed by atoms with Crippen molar-refractivity contribution in [2.24, 2.45) is 5.92 Å². The Kier molecular flexibility index (Phi) is 6.06. The Hall–Kier alpha value is -1.02. The molecule has 0 aliphatic carbocycles. The second-order valence-electron chi connectivity index (χ2n) is 5.00. The lowest BCUT2D eigenvalue weighted by Crippen LogP contribution is -2.24. The number of nitrogens with one attached hydrogen (secondary N) is 1. The lowest BCUT2D eigenvalue weighted by Gasteiger charge is -2.15. The maximum Gasteiger partial charge on any atom is 0.123 e. The molecule has 0 bridgehead atoms. The van der Waals surface area contributed by atoms with Crippen LogP contribution >= 0.6 is 0 Å². The lowest BCUT2D eigenvalue weighted by molar-refractivity contribution is 0.267. The number of para-hydroxylation sites is 1. The zero-order valence-corrected chi connectivity index (χ0v) is 11.5. The minimum atomic E-state index is 0.549. The maximum atomic E-state index is 5.82. The summed E-state index contributed by atoms with van der Waals surface area (Å²) in [5.74, 6) is 1.57. The highest BCUT2D eigenvalue weighted by atomic mass is 16.5. The van der Waals surface area contributed by atoms with Gasteiger partial charge >= 0.3 is 0 Å². The third-order valence-electron chi connectivity index (χ3n) is 2.80. The van der Waals surface area contributed by atoms with E-state index in [1.807, 2.05) is 6.07 Å². The third kappa shape index (κ3) is 5.22. The molecule has 1 atom stereocenters. The molecule has 0 saturated carbocycles. The van der Waals surface area contributed by atoms with Crippen LogP contribution in [0.5, 0.6) is 5.75 Å². The minimum Gasteiger partial charge on any atom is -0.493 e. The Labute approximate surface area is 105 Å². The average Bonchev–Trinajstić information content (AvgIpc) is 2.34. The Balaban J connectivity index is 2.57. The van der Waals surface area contributed by atoms with Crippen molar-refractivity contribution in [1.29, 1.82) is 0 Å². The Bertz CT molecular complexity index is 322. The molecule has 0 fully saturated rings. The maximum absolute atomic E-state index is 5.82. The van der Waals surface area contributed by atoms with E-state index in [1.54, 1.807) is 0 Å². The van der Waals surface area contributed by atoms with Gasteiger partial charge in [-0.25, -0.2) is 0 Å². The average molecular weight is 235 g/mol. The first kappa shape index (κ1) is 14.0. The second kappa shape index (κ2) is 7.33. The summed E-state index contributed by atoms with van der Waals surface area (Å²) in [4.78, 5) is 0. The van der Waals surface area contributed by atoms with Crippen LogP contribution in [0.3, 0.4) is 0 Å². The summed E-state index contributed by atoms with van der Waals surface area (Å²) in [6.07, 6.45) is 1.15. The van der Waals surface area contributed by atoms with Gasteiger partial charge in [0.05, 0.1) is 6.61 Å². The summed E-state index contributed by atoms with van der Waals surface area (Å²) >= 11 is 0. The standard InChI is InChI=1S/C15H25NO/c1-5-13(4)16-10-14-8-6-7-9-15(14)17-11-12(2)3/h6-9,12-13,16H,5,10-11H2,1-4H3/t13-/m0/s1. The van der Waals surface area contributed by atoms with Crippen molar-refractivity contribution < 1.29 is 4.74 Å². The fraction of sp³-hybridized carbons (Fsp3) is 0.600. The first-order valence-electron chi connectivity index (χ1n) is 6.57. The van der Waals surface area contributed by atoms with Crippen LogP contribution in [0, 0.1) is 5.92 Å². The summed E-state index contributed by atoms with van der Waals surface area (Å²) in [5, 5.41) is 3.50. The molecule has 0 heterocycles. The zero-order valence-electron chi connectivity index (χ0n) is 11.5. The monoisotopic (exact) mass is 235 g/mol. The van der Waals surface area contributed by atoms with E-state index in [1.165, 1.54) is 5.56 Å². The van der Waals surface area contributed by atoms with Gasteiger partial charge in [-0.15, -0.1) is 0 Å². The predicted octanol–water partition coefficient (Wildman–Crippen LogP) is 3.61. The van der Waals surface area contributed by atoms with E-state index < -0.39 is 0 Å². The molecule has 0 radical (unpaired) electrons. The van der Waals surface area contributed by atoms with Crippen molar-refractivity contribution >= 4 is 0 Å². The largest absolute Gasteiger partial charge is 0.493 e. The second-order valence-corrected chi connectivity index (χ2v) is 5.00. The van der Waals surface area contributed by atoms with Crippen LogP contribution in [0.4, 0.5) is 0 Å². The van der Waals surface area contributed by atoms with Gasteiger partial charge in [-0.3, -0.25) is 0 Å².